The smallest absolute Gasteiger partial charge is 0.242 e. The molecule has 1 atom stereocenters. The molecule has 0 spiro atoms. The number of carbonyl (C=O) groups is 1. The summed E-state index contributed by atoms with van der Waals surface area (Å²) in [5.41, 5.74) is 7.07. The zero-order valence-corrected chi connectivity index (χ0v) is 18.7. The molecule has 0 aliphatic rings. The molecule has 4 nitrogen and oxygen atoms in total. The molecule has 0 saturated heterocycles. The summed E-state index contributed by atoms with van der Waals surface area (Å²) >= 11 is 1.32. The second-order valence-electron chi connectivity index (χ2n) is 7.46. The summed E-state index contributed by atoms with van der Waals surface area (Å²) in [7, 11) is 0. The predicted octanol–water partition coefficient (Wildman–Crippen LogP) is 5.97. The molecule has 0 unspecified atom stereocenters. The van der Waals surface area contributed by atoms with Crippen molar-refractivity contribution in [1.29, 1.82) is 5.26 Å². The Hall–Kier alpha value is -3.10. The lowest BCUT2D eigenvalue weighted by molar-refractivity contribution is -0.115. The minimum atomic E-state index is -0.535. The van der Waals surface area contributed by atoms with Gasteiger partial charge in [0.05, 0.1) is 5.56 Å². The van der Waals surface area contributed by atoms with Crippen molar-refractivity contribution in [3.63, 3.8) is 0 Å². The van der Waals surface area contributed by atoms with Crippen LogP contribution >= 0.6 is 11.8 Å². The molecule has 30 heavy (non-hydrogen) atoms. The second-order valence-corrected chi connectivity index (χ2v) is 8.55. The third-order valence-electron chi connectivity index (χ3n) is 5.30. The first-order valence-electron chi connectivity index (χ1n) is 9.79. The first-order valence-corrected chi connectivity index (χ1v) is 10.7. The van der Waals surface area contributed by atoms with Crippen LogP contribution in [0.15, 0.2) is 53.6 Å². The highest BCUT2D eigenvalue weighted by atomic mass is 32.2. The minimum Gasteiger partial charge on any atom is -0.325 e. The van der Waals surface area contributed by atoms with E-state index in [-0.39, 0.29) is 5.91 Å². The van der Waals surface area contributed by atoms with E-state index in [9.17, 15) is 10.1 Å². The van der Waals surface area contributed by atoms with Crippen LogP contribution in [-0.4, -0.2) is 10.9 Å². The second kappa shape index (κ2) is 9.15. The molecule has 0 bridgehead atoms. The van der Waals surface area contributed by atoms with Crippen molar-refractivity contribution in [3.05, 3.63) is 87.6 Å². The Kier molecular flexibility index (Phi) is 6.59. The van der Waals surface area contributed by atoms with Crippen molar-refractivity contribution < 1.29 is 4.79 Å². The van der Waals surface area contributed by atoms with Gasteiger partial charge in [-0.3, -0.25) is 4.79 Å². The number of nitriles is 1. The number of nitrogens with one attached hydrogen (secondary N) is 1. The van der Waals surface area contributed by atoms with Gasteiger partial charge in [0.1, 0.15) is 16.3 Å². The van der Waals surface area contributed by atoms with Crippen molar-refractivity contribution in [3.8, 4) is 6.07 Å². The summed E-state index contributed by atoms with van der Waals surface area (Å²) in [5, 5.41) is 12.9. The number of nitrogens with zero attached hydrogens (tertiary/aromatic N) is 2. The van der Waals surface area contributed by atoms with Crippen LogP contribution in [0.3, 0.4) is 0 Å². The summed E-state index contributed by atoms with van der Waals surface area (Å²) in [6.45, 7) is 9.80. The van der Waals surface area contributed by atoms with Crippen molar-refractivity contribution >= 4 is 23.4 Å². The fourth-order valence-corrected chi connectivity index (χ4v) is 4.40. The molecule has 1 heterocycles. The maximum atomic E-state index is 13.4. The van der Waals surface area contributed by atoms with Crippen LogP contribution in [0.2, 0.25) is 0 Å². The molecule has 0 saturated carbocycles. The Morgan fingerprint density at radius 2 is 1.73 bits per heavy atom. The van der Waals surface area contributed by atoms with E-state index in [4.69, 9.17) is 0 Å². The number of benzene rings is 2. The quantitative estimate of drug-likeness (QED) is 0.522. The number of anilines is 1. The maximum Gasteiger partial charge on any atom is 0.242 e. The molecule has 1 aromatic heterocycles. The van der Waals surface area contributed by atoms with Gasteiger partial charge >= 0.3 is 0 Å². The van der Waals surface area contributed by atoms with Gasteiger partial charge < -0.3 is 5.32 Å². The zero-order chi connectivity index (χ0) is 21.8. The molecule has 3 aromatic rings. The van der Waals surface area contributed by atoms with E-state index >= 15 is 0 Å². The van der Waals surface area contributed by atoms with Crippen LogP contribution in [0.5, 0.6) is 0 Å². The topological polar surface area (TPSA) is 65.8 Å². The third kappa shape index (κ3) is 4.55. The minimum absolute atomic E-state index is 0.138. The number of aromatic nitrogens is 1. The first-order chi connectivity index (χ1) is 14.3. The van der Waals surface area contributed by atoms with Gasteiger partial charge in [-0.15, -0.1) is 0 Å². The molecular formula is C25H25N3OS. The van der Waals surface area contributed by atoms with Crippen molar-refractivity contribution in [2.75, 3.05) is 5.32 Å². The third-order valence-corrected chi connectivity index (χ3v) is 6.54. The molecule has 1 N–H and O–H groups in total. The predicted molar refractivity (Wildman–Crippen MR) is 123 cm³/mol. The van der Waals surface area contributed by atoms with Crippen LogP contribution < -0.4 is 5.32 Å². The lowest BCUT2D eigenvalue weighted by atomic mass is 10.1. The molecule has 0 aliphatic heterocycles. The fraction of sp³-hybridized carbons (Fsp3) is 0.240. The molecular weight excluding hydrogens is 390 g/mol. The lowest BCUT2D eigenvalue weighted by Crippen LogP contribution is -2.20. The summed E-state index contributed by atoms with van der Waals surface area (Å²) in [6.07, 6.45) is 0. The van der Waals surface area contributed by atoms with E-state index in [0.29, 0.717) is 10.6 Å². The Balaban J connectivity index is 2.02. The average Bonchev–Trinajstić information content (AvgIpc) is 2.73. The van der Waals surface area contributed by atoms with Crippen LogP contribution in [0.1, 0.15) is 44.3 Å². The highest BCUT2D eigenvalue weighted by Gasteiger charge is 2.26. The number of thioether (sulfide) groups is 1. The van der Waals surface area contributed by atoms with Crippen LogP contribution in [0.25, 0.3) is 0 Å². The molecule has 0 fully saturated rings. The van der Waals surface area contributed by atoms with E-state index < -0.39 is 5.25 Å². The number of carbonyl (C=O) groups excluding carboxylic acids is 1. The van der Waals surface area contributed by atoms with Gasteiger partial charge in [-0.2, -0.15) is 5.26 Å². The number of hydrogen-bond acceptors (Lipinski definition) is 4. The molecule has 0 radical (unpaired) electrons. The van der Waals surface area contributed by atoms with E-state index in [1.54, 1.807) is 0 Å². The molecule has 152 valence electrons. The average molecular weight is 416 g/mol. The van der Waals surface area contributed by atoms with Crippen molar-refractivity contribution in [1.82, 2.24) is 4.98 Å². The molecule has 3 rings (SSSR count). The zero-order valence-electron chi connectivity index (χ0n) is 17.9. The Morgan fingerprint density at radius 3 is 2.40 bits per heavy atom. The van der Waals surface area contributed by atoms with Crippen molar-refractivity contribution in [2.45, 2.75) is 44.9 Å². The van der Waals surface area contributed by atoms with Gasteiger partial charge in [0.15, 0.2) is 0 Å². The van der Waals surface area contributed by atoms with Gasteiger partial charge in [0, 0.05) is 11.4 Å². The standard InChI is InChI=1S/C25H25N3OS/c1-15-11-12-16(2)22(13-15)28-24(29)23(20-9-7-6-8-10-20)30-25-21(14-26)18(4)17(3)19(5)27-25/h6-13,23H,1-5H3,(H,28,29)/t23-/m0/s1. The molecule has 2 aromatic carbocycles. The molecule has 5 heteroatoms. The Labute approximate surface area is 182 Å². The summed E-state index contributed by atoms with van der Waals surface area (Å²) < 4.78 is 0. The Morgan fingerprint density at radius 1 is 1.03 bits per heavy atom. The monoisotopic (exact) mass is 415 g/mol. The molecule has 0 aliphatic carbocycles. The first kappa shape index (κ1) is 21.6. The van der Waals surface area contributed by atoms with E-state index in [0.717, 1.165) is 39.2 Å². The number of pyridine rings is 1. The van der Waals surface area contributed by atoms with E-state index in [1.807, 2.05) is 83.1 Å². The highest BCUT2D eigenvalue weighted by molar-refractivity contribution is 8.00. The number of amides is 1. The summed E-state index contributed by atoms with van der Waals surface area (Å²) in [5.74, 6) is -0.138. The highest BCUT2D eigenvalue weighted by Crippen LogP contribution is 2.38. The van der Waals surface area contributed by atoms with Gasteiger partial charge in [-0.1, -0.05) is 54.2 Å². The van der Waals surface area contributed by atoms with Gasteiger partial charge in [-0.25, -0.2) is 4.98 Å². The van der Waals surface area contributed by atoms with Crippen LogP contribution in [-0.2, 0) is 4.79 Å². The Bertz CT molecular complexity index is 1130. The lowest BCUT2D eigenvalue weighted by Gasteiger charge is -2.19. The fourth-order valence-electron chi connectivity index (χ4n) is 3.21. The van der Waals surface area contributed by atoms with Crippen LogP contribution in [0.4, 0.5) is 5.69 Å². The van der Waals surface area contributed by atoms with Crippen LogP contribution in [0, 0.1) is 45.9 Å². The number of hydrogen-bond donors (Lipinski definition) is 1. The molecule has 1 amide bonds. The SMILES string of the molecule is Cc1ccc(C)c(NC(=O)[C@@H](Sc2nc(C)c(C)c(C)c2C#N)c2ccccc2)c1. The van der Waals surface area contributed by atoms with Gasteiger partial charge in [0.2, 0.25) is 5.91 Å². The largest absolute Gasteiger partial charge is 0.325 e. The maximum absolute atomic E-state index is 13.4. The summed E-state index contributed by atoms with van der Waals surface area (Å²) in [6, 6.07) is 17.9. The number of rotatable bonds is 5. The van der Waals surface area contributed by atoms with Gasteiger partial charge in [0.25, 0.3) is 0 Å². The van der Waals surface area contributed by atoms with Gasteiger partial charge in [-0.05, 0) is 68.5 Å². The normalized spacial score (nSPS) is 11.6. The van der Waals surface area contributed by atoms with E-state index in [2.05, 4.69) is 16.4 Å². The van der Waals surface area contributed by atoms with E-state index in [1.165, 1.54) is 11.8 Å². The van der Waals surface area contributed by atoms with Crippen molar-refractivity contribution in [2.24, 2.45) is 0 Å². The summed E-state index contributed by atoms with van der Waals surface area (Å²) in [4.78, 5) is 18.0. The number of aryl methyl sites for hydroxylation is 3.